The van der Waals surface area contributed by atoms with Crippen LogP contribution >= 0.6 is 11.6 Å². The monoisotopic (exact) mass is 386 g/mol. The summed E-state index contributed by atoms with van der Waals surface area (Å²) in [5.74, 6) is 0.495. The first-order chi connectivity index (χ1) is 12.8. The normalized spacial score (nSPS) is 14.3. The molecule has 1 fully saturated rings. The van der Waals surface area contributed by atoms with Crippen molar-refractivity contribution in [3.05, 3.63) is 59.1 Å². The minimum atomic E-state index is -1.06. The minimum Gasteiger partial charge on any atom is -0.478 e. The van der Waals surface area contributed by atoms with Gasteiger partial charge in [0.15, 0.2) is 5.60 Å². The molecule has 0 unspecified atom stereocenters. The second-order valence-electron chi connectivity index (χ2n) is 7.14. The van der Waals surface area contributed by atoms with Gasteiger partial charge in [-0.3, -0.25) is 9.59 Å². The molecule has 1 saturated heterocycles. The number of anilines is 1. The molecule has 5 nitrogen and oxygen atoms in total. The van der Waals surface area contributed by atoms with Crippen LogP contribution in [-0.2, 0) is 16.1 Å². The van der Waals surface area contributed by atoms with Gasteiger partial charge in [-0.2, -0.15) is 0 Å². The highest BCUT2D eigenvalue weighted by Crippen LogP contribution is 2.23. The van der Waals surface area contributed by atoms with Gasteiger partial charge < -0.3 is 15.0 Å². The number of nitrogens with one attached hydrogen (secondary N) is 1. The molecule has 142 valence electrons. The molecule has 0 atom stereocenters. The second-order valence-corrected chi connectivity index (χ2v) is 7.58. The van der Waals surface area contributed by atoms with E-state index in [1.807, 2.05) is 29.2 Å². The Hall–Kier alpha value is -2.53. The molecule has 2 amide bonds. The van der Waals surface area contributed by atoms with Crippen LogP contribution in [0.2, 0.25) is 5.02 Å². The fourth-order valence-electron chi connectivity index (χ4n) is 2.96. The summed E-state index contributed by atoms with van der Waals surface area (Å²) in [4.78, 5) is 26.3. The van der Waals surface area contributed by atoms with E-state index in [-0.39, 0.29) is 11.8 Å². The van der Waals surface area contributed by atoms with Crippen molar-refractivity contribution in [3.63, 3.8) is 0 Å². The van der Waals surface area contributed by atoms with E-state index >= 15 is 0 Å². The quantitative estimate of drug-likeness (QED) is 0.807. The smallest absolute Gasteiger partial charge is 0.267 e. The van der Waals surface area contributed by atoms with E-state index < -0.39 is 5.60 Å². The zero-order chi connectivity index (χ0) is 19.4. The van der Waals surface area contributed by atoms with Crippen LogP contribution in [0.1, 0.15) is 32.3 Å². The number of hydrogen-bond acceptors (Lipinski definition) is 3. The van der Waals surface area contributed by atoms with Crippen molar-refractivity contribution < 1.29 is 14.3 Å². The van der Waals surface area contributed by atoms with Crippen LogP contribution in [0.15, 0.2) is 48.5 Å². The zero-order valence-corrected chi connectivity index (χ0v) is 16.3. The maximum absolute atomic E-state index is 12.7. The number of hydrogen-bond donors (Lipinski definition) is 1. The molecule has 0 aliphatic carbocycles. The maximum atomic E-state index is 12.7. The lowest BCUT2D eigenvalue weighted by Crippen LogP contribution is -2.42. The van der Waals surface area contributed by atoms with Crippen molar-refractivity contribution in [3.8, 4) is 5.75 Å². The van der Waals surface area contributed by atoms with Crippen LogP contribution in [0.5, 0.6) is 5.75 Å². The minimum absolute atomic E-state index is 0.182. The van der Waals surface area contributed by atoms with Gasteiger partial charge in [-0.15, -0.1) is 0 Å². The van der Waals surface area contributed by atoms with Gasteiger partial charge in [0.1, 0.15) is 5.75 Å². The summed E-state index contributed by atoms with van der Waals surface area (Å²) in [5, 5.41) is 3.51. The first kappa shape index (κ1) is 19.2. The average molecular weight is 387 g/mol. The lowest BCUT2D eigenvalue weighted by atomic mass is 10.1. The van der Waals surface area contributed by atoms with Crippen LogP contribution in [0.3, 0.4) is 0 Å². The van der Waals surface area contributed by atoms with E-state index in [1.165, 1.54) is 0 Å². The molecule has 0 bridgehead atoms. The van der Waals surface area contributed by atoms with Crippen molar-refractivity contribution in [2.24, 2.45) is 0 Å². The maximum Gasteiger partial charge on any atom is 0.267 e. The van der Waals surface area contributed by atoms with E-state index in [2.05, 4.69) is 5.32 Å². The van der Waals surface area contributed by atoms with E-state index in [0.717, 1.165) is 18.5 Å². The number of halogens is 1. The van der Waals surface area contributed by atoms with E-state index in [4.69, 9.17) is 16.3 Å². The Balaban J connectivity index is 1.64. The fraction of sp³-hybridized carbons (Fsp3) is 0.333. The molecule has 0 saturated carbocycles. The Labute approximate surface area is 164 Å². The molecule has 0 spiro atoms. The van der Waals surface area contributed by atoms with Gasteiger partial charge in [-0.25, -0.2) is 0 Å². The Morgan fingerprint density at radius 2 is 1.96 bits per heavy atom. The molecule has 1 aliphatic rings. The van der Waals surface area contributed by atoms with Gasteiger partial charge >= 0.3 is 0 Å². The summed E-state index contributed by atoms with van der Waals surface area (Å²) < 4.78 is 5.82. The molecule has 27 heavy (non-hydrogen) atoms. The van der Waals surface area contributed by atoms with Crippen molar-refractivity contribution in [1.82, 2.24) is 4.90 Å². The number of nitrogens with zero attached hydrogens (tertiary/aromatic N) is 1. The van der Waals surface area contributed by atoms with Crippen molar-refractivity contribution in [1.29, 1.82) is 0 Å². The number of benzene rings is 2. The summed E-state index contributed by atoms with van der Waals surface area (Å²) in [7, 11) is 0. The van der Waals surface area contributed by atoms with Gasteiger partial charge in [0.25, 0.3) is 5.91 Å². The topological polar surface area (TPSA) is 58.6 Å². The number of carbonyl (C=O) groups is 2. The summed E-state index contributed by atoms with van der Waals surface area (Å²) in [6.45, 7) is 4.78. The second kappa shape index (κ2) is 8.01. The SMILES string of the molecule is CC(C)(Oc1ccc(Cl)cc1)C(=O)Nc1cccc(CN2CCCC2=O)c1. The Kier molecular flexibility index (Phi) is 5.71. The molecular weight excluding hydrogens is 364 g/mol. The first-order valence-corrected chi connectivity index (χ1v) is 9.34. The molecule has 1 aliphatic heterocycles. The van der Waals surface area contributed by atoms with Crippen LogP contribution in [0, 0.1) is 0 Å². The summed E-state index contributed by atoms with van der Waals surface area (Å²) in [6.07, 6.45) is 1.53. The number of likely N-dealkylation sites (tertiary alicyclic amines) is 1. The summed E-state index contributed by atoms with van der Waals surface area (Å²) in [6, 6.07) is 14.4. The Morgan fingerprint density at radius 1 is 1.22 bits per heavy atom. The van der Waals surface area contributed by atoms with Gasteiger partial charge in [0, 0.05) is 30.2 Å². The predicted molar refractivity (Wildman–Crippen MR) is 106 cm³/mol. The third kappa shape index (κ3) is 5.01. The Bertz CT molecular complexity index is 834. The van der Waals surface area contributed by atoms with E-state index in [0.29, 0.717) is 29.4 Å². The molecular formula is C21H23ClN2O3. The fourth-order valence-corrected chi connectivity index (χ4v) is 3.09. The van der Waals surface area contributed by atoms with Gasteiger partial charge in [-0.05, 0) is 62.2 Å². The number of carbonyl (C=O) groups excluding carboxylic acids is 2. The van der Waals surface area contributed by atoms with Gasteiger partial charge in [0.05, 0.1) is 0 Å². The van der Waals surface area contributed by atoms with Crippen molar-refractivity contribution in [2.75, 3.05) is 11.9 Å². The molecule has 3 rings (SSSR count). The highest BCUT2D eigenvalue weighted by Gasteiger charge is 2.30. The van der Waals surface area contributed by atoms with E-state index in [1.54, 1.807) is 38.1 Å². The number of amides is 2. The van der Waals surface area contributed by atoms with Crippen molar-refractivity contribution in [2.45, 2.75) is 38.8 Å². The summed E-state index contributed by atoms with van der Waals surface area (Å²) in [5.41, 5.74) is 0.603. The molecule has 6 heteroatoms. The lowest BCUT2D eigenvalue weighted by molar-refractivity contribution is -0.129. The third-order valence-corrected chi connectivity index (χ3v) is 4.72. The average Bonchev–Trinajstić information content (AvgIpc) is 3.02. The molecule has 2 aromatic rings. The summed E-state index contributed by atoms with van der Waals surface area (Å²) >= 11 is 5.88. The molecule has 0 radical (unpaired) electrons. The van der Waals surface area contributed by atoms with Gasteiger partial charge in [-0.1, -0.05) is 23.7 Å². The van der Waals surface area contributed by atoms with E-state index in [9.17, 15) is 9.59 Å². The van der Waals surface area contributed by atoms with Crippen LogP contribution in [-0.4, -0.2) is 28.9 Å². The Morgan fingerprint density at radius 3 is 2.63 bits per heavy atom. The van der Waals surface area contributed by atoms with Gasteiger partial charge in [0.2, 0.25) is 5.91 Å². The lowest BCUT2D eigenvalue weighted by Gasteiger charge is -2.25. The highest BCUT2D eigenvalue weighted by atomic mass is 35.5. The molecule has 2 aromatic carbocycles. The zero-order valence-electron chi connectivity index (χ0n) is 15.5. The number of rotatable bonds is 6. The standard InChI is InChI=1S/C21H23ClN2O3/c1-21(2,27-18-10-8-16(22)9-11-18)20(26)23-17-6-3-5-15(13-17)14-24-12-4-7-19(24)25/h3,5-6,8-11,13H,4,7,12,14H2,1-2H3,(H,23,26). The van der Waals surface area contributed by atoms with Crippen molar-refractivity contribution >= 4 is 29.1 Å². The largest absolute Gasteiger partial charge is 0.478 e. The van der Waals surface area contributed by atoms with Crippen LogP contribution in [0.4, 0.5) is 5.69 Å². The third-order valence-electron chi connectivity index (χ3n) is 4.46. The predicted octanol–water partition coefficient (Wildman–Crippen LogP) is 4.26. The number of ether oxygens (including phenoxy) is 1. The first-order valence-electron chi connectivity index (χ1n) is 8.96. The highest BCUT2D eigenvalue weighted by molar-refractivity contribution is 6.30. The van der Waals surface area contributed by atoms with Crippen LogP contribution in [0.25, 0.3) is 0 Å². The molecule has 0 aromatic heterocycles. The molecule has 1 N–H and O–H groups in total. The van der Waals surface area contributed by atoms with Crippen LogP contribution < -0.4 is 10.1 Å². The molecule has 1 heterocycles.